The molecule has 2 aliphatic rings. The van der Waals surface area contributed by atoms with E-state index in [1.165, 1.54) is 0 Å². The van der Waals surface area contributed by atoms with Crippen molar-refractivity contribution in [2.24, 2.45) is 5.92 Å². The van der Waals surface area contributed by atoms with Gasteiger partial charge in [-0.2, -0.15) is 10.2 Å². The van der Waals surface area contributed by atoms with E-state index in [4.69, 9.17) is 9.40 Å². The number of rotatable bonds is 6. The molecular formula is C26H25N7O2. The molecule has 1 aliphatic carbocycles. The molecule has 35 heavy (non-hydrogen) atoms. The third kappa shape index (κ3) is 4.23. The molecule has 1 atom stereocenters. The molecule has 1 aliphatic heterocycles. The van der Waals surface area contributed by atoms with Crippen molar-refractivity contribution < 1.29 is 9.21 Å². The normalized spacial score (nSPS) is 17.9. The molecule has 0 spiro atoms. The molecule has 1 amide bonds. The second kappa shape index (κ2) is 8.87. The summed E-state index contributed by atoms with van der Waals surface area (Å²) in [7, 11) is 0. The van der Waals surface area contributed by atoms with E-state index in [9.17, 15) is 10.1 Å². The fourth-order valence-electron chi connectivity index (χ4n) is 4.77. The smallest absolute Gasteiger partial charge is 0.225 e. The largest absolute Gasteiger partial charge is 0.464 e. The van der Waals surface area contributed by atoms with Crippen molar-refractivity contribution in [3.63, 3.8) is 0 Å². The summed E-state index contributed by atoms with van der Waals surface area (Å²) < 4.78 is 7.37. The number of carbonyl (C=O) groups excluding carboxylic acids is 1. The third-order valence-corrected chi connectivity index (χ3v) is 6.67. The Morgan fingerprint density at radius 3 is 2.97 bits per heavy atom. The first-order valence-electron chi connectivity index (χ1n) is 12.0. The first-order chi connectivity index (χ1) is 17.2. The Kier molecular flexibility index (Phi) is 5.41. The lowest BCUT2D eigenvalue weighted by Crippen LogP contribution is -2.45. The van der Waals surface area contributed by atoms with E-state index in [-0.39, 0.29) is 24.3 Å². The number of fused-ring (bicyclic) bond motifs is 1. The Labute approximate surface area is 202 Å². The predicted octanol–water partition coefficient (Wildman–Crippen LogP) is 3.95. The molecule has 176 valence electrons. The van der Waals surface area contributed by atoms with Crippen LogP contribution in [-0.4, -0.2) is 49.5 Å². The van der Waals surface area contributed by atoms with E-state index in [2.05, 4.69) is 21.4 Å². The summed E-state index contributed by atoms with van der Waals surface area (Å²) >= 11 is 0. The van der Waals surface area contributed by atoms with Gasteiger partial charge in [-0.3, -0.25) is 9.36 Å². The van der Waals surface area contributed by atoms with Gasteiger partial charge < -0.3 is 14.6 Å². The van der Waals surface area contributed by atoms with Crippen molar-refractivity contribution in [1.82, 2.24) is 24.4 Å². The van der Waals surface area contributed by atoms with Crippen molar-refractivity contribution in [2.75, 3.05) is 18.4 Å². The summed E-state index contributed by atoms with van der Waals surface area (Å²) in [5.74, 6) is 2.34. The Morgan fingerprint density at radius 1 is 1.20 bits per heavy atom. The molecule has 4 heterocycles. The number of hydrogen-bond acceptors (Lipinski definition) is 7. The summed E-state index contributed by atoms with van der Waals surface area (Å²) in [6.45, 7) is 1.50. The van der Waals surface area contributed by atoms with Crippen molar-refractivity contribution in [3.8, 4) is 23.3 Å². The zero-order valence-corrected chi connectivity index (χ0v) is 19.2. The fraction of sp³-hybridized carbons (Fsp3) is 0.346. The maximum atomic E-state index is 12.5. The molecule has 1 aromatic carbocycles. The predicted molar refractivity (Wildman–Crippen MR) is 130 cm³/mol. The summed E-state index contributed by atoms with van der Waals surface area (Å²) in [6, 6.07) is 11.9. The average molecular weight is 468 g/mol. The lowest BCUT2D eigenvalue weighted by Gasteiger charge is -2.33. The zero-order chi connectivity index (χ0) is 23.8. The topological polar surface area (TPSA) is 113 Å². The van der Waals surface area contributed by atoms with Gasteiger partial charge in [0, 0.05) is 42.2 Å². The SMILES string of the molecule is N#CCc1cnc(-c2ccc3occc3c2)n1-c1ccnc(N[C@H]2CCCN(C(=O)C3CC3)C2)n1. The molecule has 0 unspecified atom stereocenters. The van der Waals surface area contributed by atoms with Crippen molar-refractivity contribution >= 4 is 22.8 Å². The molecule has 1 saturated heterocycles. The number of anilines is 1. The number of nitriles is 1. The van der Waals surface area contributed by atoms with Crippen LogP contribution in [0, 0.1) is 17.2 Å². The van der Waals surface area contributed by atoms with Crippen LogP contribution in [0.25, 0.3) is 28.2 Å². The highest BCUT2D eigenvalue weighted by Crippen LogP contribution is 2.32. The molecule has 2 fully saturated rings. The standard InChI is InChI=1S/C26H25N7O2/c27-10-7-21-15-29-24(19-5-6-22-18(14-19)9-13-35-22)33(21)23-8-11-28-26(31-23)30-20-2-1-12-32(16-20)25(34)17-3-4-17/h5-6,8-9,11,13-15,17,20H,1-4,7,12,16H2,(H,28,30,31)/t20-/m0/s1. The minimum absolute atomic E-state index is 0.103. The summed E-state index contributed by atoms with van der Waals surface area (Å²) in [5, 5.41) is 13.8. The number of benzene rings is 1. The minimum atomic E-state index is 0.103. The maximum Gasteiger partial charge on any atom is 0.225 e. The molecule has 6 rings (SSSR count). The number of amides is 1. The second-order valence-electron chi connectivity index (χ2n) is 9.20. The Bertz CT molecular complexity index is 1430. The van der Waals surface area contributed by atoms with Gasteiger partial charge in [0.25, 0.3) is 0 Å². The number of hydrogen-bond donors (Lipinski definition) is 1. The van der Waals surface area contributed by atoms with Crippen LogP contribution < -0.4 is 5.32 Å². The van der Waals surface area contributed by atoms with E-state index in [1.54, 1.807) is 18.7 Å². The number of furan rings is 1. The lowest BCUT2D eigenvalue weighted by atomic mass is 10.1. The summed E-state index contributed by atoms with van der Waals surface area (Å²) in [4.78, 5) is 28.3. The van der Waals surface area contributed by atoms with E-state index in [0.717, 1.165) is 54.5 Å². The molecular weight excluding hydrogens is 442 g/mol. The van der Waals surface area contributed by atoms with Gasteiger partial charge in [0.2, 0.25) is 11.9 Å². The number of imidazole rings is 1. The lowest BCUT2D eigenvalue weighted by molar-refractivity contribution is -0.133. The number of nitrogens with zero attached hydrogens (tertiary/aromatic N) is 6. The molecule has 0 radical (unpaired) electrons. The number of likely N-dealkylation sites (tertiary alicyclic amines) is 1. The highest BCUT2D eigenvalue weighted by Gasteiger charge is 2.35. The van der Waals surface area contributed by atoms with E-state index < -0.39 is 0 Å². The van der Waals surface area contributed by atoms with Crippen molar-refractivity contribution in [1.29, 1.82) is 5.26 Å². The third-order valence-electron chi connectivity index (χ3n) is 6.67. The first-order valence-corrected chi connectivity index (χ1v) is 12.0. The van der Waals surface area contributed by atoms with Crippen LogP contribution in [0.5, 0.6) is 0 Å². The quantitative estimate of drug-likeness (QED) is 0.457. The van der Waals surface area contributed by atoms with Gasteiger partial charge in [-0.15, -0.1) is 0 Å². The van der Waals surface area contributed by atoms with E-state index in [0.29, 0.717) is 24.1 Å². The van der Waals surface area contributed by atoms with Crippen LogP contribution >= 0.6 is 0 Å². The van der Waals surface area contributed by atoms with Crippen molar-refractivity contribution in [2.45, 2.75) is 38.1 Å². The van der Waals surface area contributed by atoms with Gasteiger partial charge in [-0.1, -0.05) is 0 Å². The monoisotopic (exact) mass is 467 g/mol. The van der Waals surface area contributed by atoms with Gasteiger partial charge in [0.05, 0.1) is 30.6 Å². The van der Waals surface area contributed by atoms with Gasteiger partial charge in [-0.05, 0) is 56.0 Å². The molecule has 9 nitrogen and oxygen atoms in total. The molecule has 0 bridgehead atoms. The Hall–Kier alpha value is -4.19. The molecule has 4 aromatic rings. The molecule has 3 aromatic heterocycles. The molecule has 1 N–H and O–H groups in total. The van der Waals surface area contributed by atoms with Gasteiger partial charge >= 0.3 is 0 Å². The van der Waals surface area contributed by atoms with E-state index >= 15 is 0 Å². The molecule has 9 heteroatoms. The first kappa shape index (κ1) is 21.4. The highest BCUT2D eigenvalue weighted by atomic mass is 16.3. The Balaban J connectivity index is 1.30. The number of aromatic nitrogens is 4. The summed E-state index contributed by atoms with van der Waals surface area (Å²) in [6.07, 6.45) is 9.25. The molecule has 1 saturated carbocycles. The average Bonchev–Trinajstić information content (AvgIpc) is 3.48. The van der Waals surface area contributed by atoms with Crippen molar-refractivity contribution in [3.05, 3.63) is 54.7 Å². The van der Waals surface area contributed by atoms with Gasteiger partial charge in [0.1, 0.15) is 17.2 Å². The van der Waals surface area contributed by atoms with Crippen LogP contribution in [0.3, 0.4) is 0 Å². The fourth-order valence-corrected chi connectivity index (χ4v) is 4.77. The minimum Gasteiger partial charge on any atom is -0.464 e. The number of nitrogens with one attached hydrogen (secondary N) is 1. The number of piperidine rings is 1. The number of carbonyl (C=O) groups is 1. The second-order valence-corrected chi connectivity index (χ2v) is 9.20. The van der Waals surface area contributed by atoms with E-state index in [1.807, 2.05) is 39.8 Å². The van der Waals surface area contributed by atoms with Gasteiger partial charge in [-0.25, -0.2) is 9.97 Å². The van der Waals surface area contributed by atoms with Crippen LogP contribution in [-0.2, 0) is 11.2 Å². The highest BCUT2D eigenvalue weighted by molar-refractivity contribution is 5.82. The Morgan fingerprint density at radius 2 is 2.11 bits per heavy atom. The van der Waals surface area contributed by atoms with Gasteiger partial charge in [0.15, 0.2) is 0 Å². The maximum absolute atomic E-state index is 12.5. The van der Waals surface area contributed by atoms with Crippen LogP contribution in [0.2, 0.25) is 0 Å². The zero-order valence-electron chi connectivity index (χ0n) is 19.2. The van der Waals surface area contributed by atoms with Crippen LogP contribution in [0.1, 0.15) is 31.4 Å². The van der Waals surface area contributed by atoms with Crippen LogP contribution in [0.4, 0.5) is 5.95 Å². The van der Waals surface area contributed by atoms with Crippen LogP contribution in [0.15, 0.2) is 53.4 Å². The summed E-state index contributed by atoms with van der Waals surface area (Å²) in [5.41, 5.74) is 2.45.